The molecule has 0 aliphatic heterocycles. The van der Waals surface area contributed by atoms with E-state index in [9.17, 15) is 9.59 Å². The van der Waals surface area contributed by atoms with Crippen LogP contribution < -0.4 is 16.2 Å². The Bertz CT molecular complexity index is 736. The van der Waals surface area contributed by atoms with E-state index in [1.54, 1.807) is 6.92 Å². The summed E-state index contributed by atoms with van der Waals surface area (Å²) in [7, 11) is 0. The van der Waals surface area contributed by atoms with Crippen molar-refractivity contribution in [2.24, 2.45) is 0 Å². The average molecular weight is 316 g/mol. The summed E-state index contributed by atoms with van der Waals surface area (Å²) in [6, 6.07) is 3.15. The van der Waals surface area contributed by atoms with E-state index in [-0.39, 0.29) is 17.3 Å². The topological polar surface area (TPSA) is 113 Å². The van der Waals surface area contributed by atoms with Crippen LogP contribution in [-0.4, -0.2) is 32.4 Å². The Hall–Kier alpha value is -2.77. The van der Waals surface area contributed by atoms with E-state index in [0.717, 1.165) is 11.4 Å². The molecule has 1 amide bonds. The number of carbonyl (C=O) groups is 1. The van der Waals surface area contributed by atoms with Gasteiger partial charge in [-0.15, -0.1) is 0 Å². The van der Waals surface area contributed by atoms with Crippen molar-refractivity contribution in [3.05, 3.63) is 39.7 Å². The summed E-state index contributed by atoms with van der Waals surface area (Å²) in [4.78, 5) is 38.2. The molecule has 0 aromatic carbocycles. The second-order valence-electron chi connectivity index (χ2n) is 5.27. The maximum absolute atomic E-state index is 11.8. The van der Waals surface area contributed by atoms with Crippen molar-refractivity contribution in [3.63, 3.8) is 0 Å². The van der Waals surface area contributed by atoms with E-state index in [0.29, 0.717) is 31.2 Å². The van der Waals surface area contributed by atoms with Gasteiger partial charge < -0.3 is 15.6 Å². The van der Waals surface area contributed by atoms with Gasteiger partial charge in [-0.05, 0) is 33.3 Å². The zero-order chi connectivity index (χ0) is 16.8. The first-order chi connectivity index (χ1) is 10.9. The lowest BCUT2D eigenvalue weighted by atomic mass is 10.3. The van der Waals surface area contributed by atoms with Gasteiger partial charge >= 0.3 is 0 Å². The van der Waals surface area contributed by atoms with Crippen LogP contribution in [0.5, 0.6) is 0 Å². The molecular weight excluding hydrogens is 296 g/mol. The van der Waals surface area contributed by atoms with Gasteiger partial charge in [0.05, 0.1) is 0 Å². The minimum atomic E-state index is -0.290. The molecule has 8 heteroatoms. The van der Waals surface area contributed by atoms with E-state index in [1.165, 1.54) is 6.07 Å². The standard InChI is InChI=1S/C15H20N6O2/c1-9-7-10(2)18-15(17-9)16-6-4-5-13(22)21-12-8-14(23)20-11(3)19-12/h7-8H,4-6H2,1-3H3,(H,16,17,18)(H2,19,20,21,22,23). The van der Waals surface area contributed by atoms with E-state index < -0.39 is 0 Å². The third kappa shape index (κ3) is 5.50. The molecule has 3 N–H and O–H groups in total. The molecule has 0 saturated heterocycles. The number of nitrogens with one attached hydrogen (secondary N) is 3. The maximum atomic E-state index is 11.8. The van der Waals surface area contributed by atoms with Gasteiger partial charge in [0.1, 0.15) is 11.6 Å². The lowest BCUT2D eigenvalue weighted by Gasteiger charge is -2.07. The van der Waals surface area contributed by atoms with Crippen molar-refractivity contribution < 1.29 is 4.79 Å². The molecule has 2 aromatic heterocycles. The zero-order valence-corrected chi connectivity index (χ0v) is 13.4. The van der Waals surface area contributed by atoms with Crippen LogP contribution in [0, 0.1) is 20.8 Å². The van der Waals surface area contributed by atoms with Crippen molar-refractivity contribution in [2.75, 3.05) is 17.2 Å². The largest absolute Gasteiger partial charge is 0.354 e. The highest BCUT2D eigenvalue weighted by atomic mass is 16.1. The van der Waals surface area contributed by atoms with Gasteiger partial charge in [0.15, 0.2) is 0 Å². The Labute approximate surface area is 133 Å². The molecule has 8 nitrogen and oxygen atoms in total. The summed E-state index contributed by atoms with van der Waals surface area (Å²) in [5, 5.41) is 5.70. The summed E-state index contributed by atoms with van der Waals surface area (Å²) in [5.41, 5.74) is 1.50. The van der Waals surface area contributed by atoms with Gasteiger partial charge in [-0.2, -0.15) is 0 Å². The fourth-order valence-corrected chi connectivity index (χ4v) is 2.10. The third-order valence-electron chi connectivity index (χ3n) is 2.97. The number of aromatic amines is 1. The average Bonchev–Trinajstić information content (AvgIpc) is 2.41. The molecule has 0 fully saturated rings. The second-order valence-corrected chi connectivity index (χ2v) is 5.27. The highest BCUT2D eigenvalue weighted by molar-refractivity contribution is 5.89. The maximum Gasteiger partial charge on any atom is 0.252 e. The number of hydrogen-bond acceptors (Lipinski definition) is 6. The van der Waals surface area contributed by atoms with Crippen LogP contribution in [0.25, 0.3) is 0 Å². The molecule has 122 valence electrons. The molecule has 2 heterocycles. The van der Waals surface area contributed by atoms with Gasteiger partial charge in [-0.25, -0.2) is 15.0 Å². The van der Waals surface area contributed by atoms with Gasteiger partial charge in [0, 0.05) is 30.4 Å². The molecule has 0 aliphatic rings. The zero-order valence-electron chi connectivity index (χ0n) is 13.4. The first-order valence-electron chi connectivity index (χ1n) is 7.36. The van der Waals surface area contributed by atoms with Crippen molar-refractivity contribution in [2.45, 2.75) is 33.6 Å². The number of amides is 1. The van der Waals surface area contributed by atoms with Crippen LogP contribution in [0.15, 0.2) is 16.9 Å². The van der Waals surface area contributed by atoms with Crippen LogP contribution in [0.2, 0.25) is 0 Å². The number of anilines is 2. The summed E-state index contributed by atoms with van der Waals surface area (Å²) in [6.45, 7) is 6.05. The van der Waals surface area contributed by atoms with Crippen LogP contribution in [-0.2, 0) is 4.79 Å². The van der Waals surface area contributed by atoms with Crippen LogP contribution >= 0.6 is 0 Å². The van der Waals surface area contributed by atoms with Gasteiger partial charge in [-0.3, -0.25) is 9.59 Å². The van der Waals surface area contributed by atoms with Crippen molar-refractivity contribution in [1.82, 2.24) is 19.9 Å². The van der Waals surface area contributed by atoms with Crippen LogP contribution in [0.4, 0.5) is 11.8 Å². The molecule has 0 saturated carbocycles. The number of aromatic nitrogens is 4. The van der Waals surface area contributed by atoms with Gasteiger partial charge in [0.2, 0.25) is 11.9 Å². The van der Waals surface area contributed by atoms with E-state index in [2.05, 4.69) is 30.6 Å². The molecule has 0 bridgehead atoms. The summed E-state index contributed by atoms with van der Waals surface area (Å²) in [6.07, 6.45) is 0.926. The lowest BCUT2D eigenvalue weighted by Crippen LogP contribution is -2.18. The fraction of sp³-hybridized carbons (Fsp3) is 0.400. The monoisotopic (exact) mass is 316 g/mol. The molecule has 0 atom stereocenters. The molecule has 23 heavy (non-hydrogen) atoms. The number of carbonyl (C=O) groups excluding carboxylic acids is 1. The van der Waals surface area contributed by atoms with Gasteiger partial charge in [-0.1, -0.05) is 0 Å². The number of nitrogens with zero attached hydrogens (tertiary/aromatic N) is 3. The minimum Gasteiger partial charge on any atom is -0.354 e. The molecular formula is C15H20N6O2. The molecule has 0 unspecified atom stereocenters. The number of rotatable bonds is 6. The quantitative estimate of drug-likeness (QED) is 0.693. The first-order valence-corrected chi connectivity index (χ1v) is 7.36. The highest BCUT2D eigenvalue weighted by Crippen LogP contribution is 2.05. The highest BCUT2D eigenvalue weighted by Gasteiger charge is 2.05. The Balaban J connectivity index is 1.77. The van der Waals surface area contributed by atoms with Gasteiger partial charge in [0.25, 0.3) is 5.56 Å². The van der Waals surface area contributed by atoms with Crippen LogP contribution in [0.1, 0.15) is 30.1 Å². The van der Waals surface area contributed by atoms with Crippen molar-refractivity contribution in [1.29, 1.82) is 0 Å². The van der Waals surface area contributed by atoms with Crippen molar-refractivity contribution in [3.8, 4) is 0 Å². The molecule has 2 aromatic rings. The number of aryl methyl sites for hydroxylation is 3. The Morgan fingerprint density at radius 3 is 2.48 bits per heavy atom. The SMILES string of the molecule is Cc1cc(C)nc(NCCCC(=O)Nc2cc(=O)[nH]c(C)n2)n1. The lowest BCUT2D eigenvalue weighted by molar-refractivity contribution is -0.116. The van der Waals surface area contributed by atoms with E-state index in [4.69, 9.17) is 0 Å². The second kappa shape index (κ2) is 7.48. The Kier molecular flexibility index (Phi) is 5.40. The minimum absolute atomic E-state index is 0.189. The van der Waals surface area contributed by atoms with E-state index in [1.807, 2.05) is 19.9 Å². The molecule has 0 aliphatic carbocycles. The fourth-order valence-electron chi connectivity index (χ4n) is 2.10. The molecule has 2 rings (SSSR count). The smallest absolute Gasteiger partial charge is 0.252 e. The predicted molar refractivity (Wildman–Crippen MR) is 87.5 cm³/mol. The van der Waals surface area contributed by atoms with E-state index >= 15 is 0 Å². The first kappa shape index (κ1) is 16.6. The van der Waals surface area contributed by atoms with Crippen molar-refractivity contribution >= 4 is 17.7 Å². The summed E-state index contributed by atoms with van der Waals surface area (Å²) >= 11 is 0. The third-order valence-corrected chi connectivity index (χ3v) is 2.97. The number of H-pyrrole nitrogens is 1. The molecule has 0 spiro atoms. The predicted octanol–water partition coefficient (Wildman–Crippen LogP) is 1.32. The molecule has 0 radical (unpaired) electrons. The Morgan fingerprint density at radius 1 is 1.13 bits per heavy atom. The number of hydrogen-bond donors (Lipinski definition) is 3. The Morgan fingerprint density at radius 2 is 1.83 bits per heavy atom. The summed E-state index contributed by atoms with van der Waals surface area (Å²) < 4.78 is 0. The van der Waals surface area contributed by atoms with Crippen LogP contribution in [0.3, 0.4) is 0 Å². The normalized spacial score (nSPS) is 10.4. The summed E-state index contributed by atoms with van der Waals surface area (Å²) in [5.74, 6) is 1.10.